The van der Waals surface area contributed by atoms with E-state index in [2.05, 4.69) is 46.4 Å². The Balaban J connectivity index is 1.43. The molecule has 128 valence electrons. The molecule has 1 amide bonds. The average Bonchev–Trinajstić information content (AvgIpc) is 3.20. The van der Waals surface area contributed by atoms with Crippen LogP contribution in [0.15, 0.2) is 60.9 Å². The number of aromatic nitrogens is 2. The van der Waals surface area contributed by atoms with Crippen molar-refractivity contribution in [2.75, 3.05) is 18.4 Å². The van der Waals surface area contributed by atoms with Crippen LogP contribution in [0, 0.1) is 11.8 Å². The van der Waals surface area contributed by atoms with Crippen LogP contribution in [0.4, 0.5) is 5.82 Å². The summed E-state index contributed by atoms with van der Waals surface area (Å²) in [6, 6.07) is 16.2. The lowest BCUT2D eigenvalue weighted by atomic mass is 9.97. The number of rotatable bonds is 4. The van der Waals surface area contributed by atoms with Crippen LogP contribution in [0.25, 0.3) is 5.65 Å². The zero-order valence-electron chi connectivity index (χ0n) is 14.3. The molecule has 0 radical (unpaired) electrons. The van der Waals surface area contributed by atoms with E-state index in [1.807, 2.05) is 34.9 Å². The number of fused-ring (bicyclic) bond motifs is 1. The number of pyridine rings is 1. The van der Waals surface area contributed by atoms with Gasteiger partial charge in [0.05, 0.1) is 12.1 Å². The second kappa shape index (κ2) is 6.69. The predicted molar refractivity (Wildman–Crippen MR) is 98.2 cm³/mol. The van der Waals surface area contributed by atoms with Crippen molar-refractivity contribution in [3.8, 4) is 0 Å². The number of amides is 1. The van der Waals surface area contributed by atoms with Gasteiger partial charge in [-0.1, -0.05) is 43.3 Å². The zero-order valence-corrected chi connectivity index (χ0v) is 14.3. The molecule has 3 aromatic rings. The molecule has 3 heterocycles. The highest BCUT2D eigenvalue weighted by Crippen LogP contribution is 2.26. The van der Waals surface area contributed by atoms with Crippen LogP contribution >= 0.6 is 0 Å². The molecule has 0 bridgehead atoms. The maximum Gasteiger partial charge on any atom is 0.230 e. The van der Waals surface area contributed by atoms with Gasteiger partial charge in [0.15, 0.2) is 0 Å². The summed E-state index contributed by atoms with van der Waals surface area (Å²) in [6.07, 6.45) is 3.63. The highest BCUT2D eigenvalue weighted by Gasteiger charge is 2.34. The Morgan fingerprint density at radius 3 is 2.80 bits per heavy atom. The third-order valence-corrected chi connectivity index (χ3v) is 4.94. The van der Waals surface area contributed by atoms with Crippen molar-refractivity contribution in [3.05, 3.63) is 66.5 Å². The predicted octanol–water partition coefficient (Wildman–Crippen LogP) is 3.04. The van der Waals surface area contributed by atoms with Crippen LogP contribution in [0.5, 0.6) is 0 Å². The minimum atomic E-state index is -0.00188. The van der Waals surface area contributed by atoms with Gasteiger partial charge in [0.25, 0.3) is 0 Å². The molecule has 5 heteroatoms. The van der Waals surface area contributed by atoms with Gasteiger partial charge in [-0.2, -0.15) is 0 Å². The summed E-state index contributed by atoms with van der Waals surface area (Å²) < 4.78 is 1.90. The summed E-state index contributed by atoms with van der Waals surface area (Å²) in [4.78, 5) is 19.5. The van der Waals surface area contributed by atoms with Gasteiger partial charge in [0.2, 0.25) is 5.91 Å². The molecule has 1 N–H and O–H groups in total. The van der Waals surface area contributed by atoms with Crippen molar-refractivity contribution in [2.24, 2.45) is 11.8 Å². The fraction of sp³-hybridized carbons (Fsp3) is 0.300. The van der Waals surface area contributed by atoms with E-state index in [0.29, 0.717) is 5.92 Å². The summed E-state index contributed by atoms with van der Waals surface area (Å²) in [7, 11) is 0. The molecule has 2 atom stereocenters. The van der Waals surface area contributed by atoms with Gasteiger partial charge in [0.1, 0.15) is 11.5 Å². The SMILES string of the molecule is CC1CN(Cc2ccccc2)CC1C(=O)Nc1cnc2ccccn12. The second-order valence-electron chi connectivity index (χ2n) is 6.82. The minimum Gasteiger partial charge on any atom is -0.310 e. The van der Waals surface area contributed by atoms with E-state index in [4.69, 9.17) is 0 Å². The number of carbonyl (C=O) groups excluding carboxylic acids is 1. The zero-order chi connectivity index (χ0) is 17.2. The molecule has 1 aliphatic rings. The highest BCUT2D eigenvalue weighted by atomic mass is 16.2. The lowest BCUT2D eigenvalue weighted by molar-refractivity contribution is -0.120. The van der Waals surface area contributed by atoms with Crippen LogP contribution in [-0.4, -0.2) is 33.3 Å². The van der Waals surface area contributed by atoms with Gasteiger partial charge in [-0.3, -0.25) is 14.1 Å². The maximum atomic E-state index is 12.8. The van der Waals surface area contributed by atoms with Crippen LogP contribution < -0.4 is 5.32 Å². The summed E-state index contributed by atoms with van der Waals surface area (Å²) >= 11 is 0. The summed E-state index contributed by atoms with van der Waals surface area (Å²) in [5.74, 6) is 1.14. The van der Waals surface area contributed by atoms with Gasteiger partial charge in [-0.15, -0.1) is 0 Å². The van der Waals surface area contributed by atoms with Crippen molar-refractivity contribution in [1.82, 2.24) is 14.3 Å². The van der Waals surface area contributed by atoms with Gasteiger partial charge >= 0.3 is 0 Å². The first-order valence-corrected chi connectivity index (χ1v) is 8.70. The fourth-order valence-corrected chi connectivity index (χ4v) is 3.62. The largest absolute Gasteiger partial charge is 0.310 e. The Labute approximate surface area is 147 Å². The summed E-state index contributed by atoms with van der Waals surface area (Å²) in [5, 5.41) is 3.06. The molecule has 1 aliphatic heterocycles. The molecule has 0 saturated carbocycles. The molecule has 2 aromatic heterocycles. The molecule has 1 aromatic carbocycles. The Bertz CT molecular complexity index is 874. The third-order valence-electron chi connectivity index (χ3n) is 4.94. The van der Waals surface area contributed by atoms with Crippen molar-refractivity contribution in [1.29, 1.82) is 0 Å². The Morgan fingerprint density at radius 1 is 1.16 bits per heavy atom. The number of hydrogen-bond donors (Lipinski definition) is 1. The third kappa shape index (κ3) is 3.28. The van der Waals surface area contributed by atoms with E-state index in [-0.39, 0.29) is 11.8 Å². The molecular formula is C20H22N4O. The van der Waals surface area contributed by atoms with Gasteiger partial charge < -0.3 is 5.32 Å². The molecule has 0 spiro atoms. The van der Waals surface area contributed by atoms with Gasteiger partial charge in [0, 0.05) is 25.8 Å². The number of nitrogens with one attached hydrogen (secondary N) is 1. The van der Waals surface area contributed by atoms with Crippen LogP contribution in [0.1, 0.15) is 12.5 Å². The topological polar surface area (TPSA) is 49.6 Å². The molecule has 1 saturated heterocycles. The van der Waals surface area contributed by atoms with Crippen LogP contribution in [-0.2, 0) is 11.3 Å². The smallest absolute Gasteiger partial charge is 0.230 e. The molecule has 5 nitrogen and oxygen atoms in total. The normalized spacial score (nSPS) is 20.8. The highest BCUT2D eigenvalue weighted by molar-refractivity contribution is 5.92. The maximum absolute atomic E-state index is 12.8. The van der Waals surface area contributed by atoms with Crippen LogP contribution in [0.3, 0.4) is 0 Å². The number of anilines is 1. The number of hydrogen-bond acceptors (Lipinski definition) is 3. The first kappa shape index (κ1) is 15.8. The molecule has 25 heavy (non-hydrogen) atoms. The molecule has 4 rings (SSSR count). The first-order chi connectivity index (χ1) is 12.2. The number of likely N-dealkylation sites (tertiary alicyclic amines) is 1. The van der Waals surface area contributed by atoms with E-state index >= 15 is 0 Å². The van der Waals surface area contributed by atoms with E-state index < -0.39 is 0 Å². The lowest BCUT2D eigenvalue weighted by Crippen LogP contribution is -2.29. The number of carbonyl (C=O) groups is 1. The van der Waals surface area contributed by atoms with Crippen LogP contribution in [0.2, 0.25) is 0 Å². The molecule has 0 aliphatic carbocycles. The van der Waals surface area contributed by atoms with E-state index in [0.717, 1.165) is 31.1 Å². The first-order valence-electron chi connectivity index (χ1n) is 8.70. The fourth-order valence-electron chi connectivity index (χ4n) is 3.62. The average molecular weight is 334 g/mol. The number of nitrogens with zero attached hydrogens (tertiary/aromatic N) is 3. The van der Waals surface area contributed by atoms with Crippen molar-refractivity contribution in [2.45, 2.75) is 13.5 Å². The summed E-state index contributed by atoms with van der Waals surface area (Å²) in [5.41, 5.74) is 2.13. The number of benzene rings is 1. The standard InChI is InChI=1S/C20H22N4O/c1-15-12-23(13-16-7-3-2-4-8-16)14-17(15)20(25)22-19-11-21-18-9-5-6-10-24(18)19/h2-11,15,17H,12-14H2,1H3,(H,22,25). The monoisotopic (exact) mass is 334 g/mol. The molecule has 1 fully saturated rings. The van der Waals surface area contributed by atoms with Gasteiger partial charge in [-0.05, 0) is 23.6 Å². The van der Waals surface area contributed by atoms with Gasteiger partial charge in [-0.25, -0.2) is 4.98 Å². The second-order valence-corrected chi connectivity index (χ2v) is 6.82. The van der Waals surface area contributed by atoms with E-state index in [1.54, 1.807) is 6.20 Å². The van der Waals surface area contributed by atoms with E-state index in [1.165, 1.54) is 5.56 Å². The minimum absolute atomic E-state index is 0.00188. The lowest BCUT2D eigenvalue weighted by Gasteiger charge is -2.16. The number of imidazole rings is 1. The Kier molecular flexibility index (Phi) is 4.24. The van der Waals surface area contributed by atoms with Crippen molar-refractivity contribution in [3.63, 3.8) is 0 Å². The van der Waals surface area contributed by atoms with E-state index in [9.17, 15) is 4.79 Å². The quantitative estimate of drug-likeness (QED) is 0.798. The van der Waals surface area contributed by atoms with Crippen molar-refractivity contribution < 1.29 is 4.79 Å². The Morgan fingerprint density at radius 2 is 1.96 bits per heavy atom. The van der Waals surface area contributed by atoms with Crippen molar-refractivity contribution >= 4 is 17.4 Å². The molecule has 2 unspecified atom stereocenters. The summed E-state index contributed by atoms with van der Waals surface area (Å²) in [6.45, 7) is 4.78. The molecular weight excluding hydrogens is 312 g/mol. The Hall–Kier alpha value is -2.66.